The quantitative estimate of drug-likeness (QED) is 0.896. The first-order chi connectivity index (χ1) is 9.06. The van der Waals surface area contributed by atoms with Gasteiger partial charge < -0.3 is 10.4 Å². The summed E-state index contributed by atoms with van der Waals surface area (Å²) in [6, 6.07) is 4.65. The van der Waals surface area contributed by atoms with E-state index >= 15 is 0 Å². The van der Waals surface area contributed by atoms with Crippen LogP contribution in [0.1, 0.15) is 24.5 Å². The summed E-state index contributed by atoms with van der Waals surface area (Å²) >= 11 is 13.6. The molecule has 3 nitrogen and oxygen atoms in total. The summed E-state index contributed by atoms with van der Waals surface area (Å²) in [5.41, 5.74) is 0.411. The topological polar surface area (TPSA) is 49.3 Å². The van der Waals surface area contributed by atoms with E-state index in [1.54, 1.807) is 18.2 Å². The molecule has 2 rings (SSSR count). The van der Waals surface area contributed by atoms with Gasteiger partial charge in [0, 0.05) is 21.8 Å². The highest BCUT2D eigenvalue weighted by Crippen LogP contribution is 2.26. The Morgan fingerprint density at radius 2 is 2.11 bits per heavy atom. The van der Waals surface area contributed by atoms with E-state index in [4.69, 9.17) is 23.2 Å². The zero-order valence-electron chi connectivity index (χ0n) is 10.2. The van der Waals surface area contributed by atoms with Gasteiger partial charge in [0.05, 0.1) is 0 Å². The van der Waals surface area contributed by atoms with Crippen molar-refractivity contribution in [2.45, 2.75) is 24.2 Å². The van der Waals surface area contributed by atoms with Gasteiger partial charge >= 0.3 is 0 Å². The largest absolute Gasteiger partial charge is 0.378 e. The lowest BCUT2D eigenvalue weighted by atomic mass is 10.1. The molecule has 0 saturated carbocycles. The van der Waals surface area contributed by atoms with Crippen molar-refractivity contribution in [2.75, 3.05) is 12.3 Å². The van der Waals surface area contributed by atoms with Crippen LogP contribution in [0.25, 0.3) is 0 Å². The van der Waals surface area contributed by atoms with Gasteiger partial charge in [-0.05, 0) is 42.4 Å². The number of aliphatic hydroxyl groups is 1. The van der Waals surface area contributed by atoms with Crippen LogP contribution in [-0.4, -0.2) is 28.6 Å². The molecule has 0 spiro atoms. The van der Waals surface area contributed by atoms with Crippen LogP contribution in [0.2, 0.25) is 10.0 Å². The fraction of sp³-hybridized carbons (Fsp3) is 0.462. The number of benzene rings is 1. The van der Waals surface area contributed by atoms with Crippen LogP contribution in [0, 0.1) is 0 Å². The molecule has 6 heteroatoms. The van der Waals surface area contributed by atoms with Gasteiger partial charge in [-0.2, -0.15) is 11.8 Å². The van der Waals surface area contributed by atoms with Crippen LogP contribution in [0.4, 0.5) is 0 Å². The number of rotatable bonds is 4. The van der Waals surface area contributed by atoms with E-state index in [1.165, 1.54) is 6.42 Å². The normalized spacial score (nSPS) is 20.3. The van der Waals surface area contributed by atoms with Crippen molar-refractivity contribution in [2.24, 2.45) is 0 Å². The zero-order chi connectivity index (χ0) is 13.8. The molecule has 104 valence electrons. The lowest BCUT2D eigenvalue weighted by Crippen LogP contribution is -2.33. The monoisotopic (exact) mass is 319 g/mol. The van der Waals surface area contributed by atoms with Gasteiger partial charge in [0.1, 0.15) is 0 Å². The van der Waals surface area contributed by atoms with E-state index < -0.39 is 12.0 Å². The fourth-order valence-corrected chi connectivity index (χ4v) is 3.74. The van der Waals surface area contributed by atoms with E-state index in [0.29, 0.717) is 27.4 Å². The highest BCUT2D eigenvalue weighted by molar-refractivity contribution is 8.00. The number of carbonyl (C=O) groups is 1. The molecule has 0 bridgehead atoms. The number of halogens is 2. The third-order valence-electron chi connectivity index (χ3n) is 2.98. The summed E-state index contributed by atoms with van der Waals surface area (Å²) in [6.45, 7) is 0.592. The molecular formula is C13H15Cl2NO2S. The number of nitrogens with one attached hydrogen (secondary N) is 1. The standard InChI is InChI=1S/C13H15Cl2NO2S/c14-9-4-8(5-10(15)6-9)12(17)13(18)16-7-11-2-1-3-19-11/h4-6,11-12,17H,1-3,7H2,(H,16,18). The number of aliphatic hydroxyl groups excluding tert-OH is 1. The van der Waals surface area contributed by atoms with Crippen molar-refractivity contribution in [1.29, 1.82) is 0 Å². The van der Waals surface area contributed by atoms with Crippen molar-refractivity contribution in [1.82, 2.24) is 5.32 Å². The van der Waals surface area contributed by atoms with Gasteiger partial charge in [0.25, 0.3) is 5.91 Å². The highest BCUT2D eigenvalue weighted by Gasteiger charge is 2.21. The van der Waals surface area contributed by atoms with Gasteiger partial charge in [-0.1, -0.05) is 23.2 Å². The average Bonchev–Trinajstić information content (AvgIpc) is 2.87. The molecule has 1 aliphatic rings. The van der Waals surface area contributed by atoms with Crippen LogP contribution in [0.3, 0.4) is 0 Å². The molecule has 2 unspecified atom stereocenters. The molecule has 1 fully saturated rings. The van der Waals surface area contributed by atoms with Crippen LogP contribution in [0.5, 0.6) is 0 Å². The molecule has 0 aromatic heterocycles. The summed E-state index contributed by atoms with van der Waals surface area (Å²) in [5, 5.41) is 14.0. The Kier molecular flexibility index (Phi) is 5.39. The first-order valence-corrected chi connectivity index (χ1v) is 7.90. The number of hydrogen-bond acceptors (Lipinski definition) is 3. The number of thioether (sulfide) groups is 1. The van der Waals surface area contributed by atoms with Crippen molar-refractivity contribution < 1.29 is 9.90 Å². The number of carbonyl (C=O) groups excluding carboxylic acids is 1. The van der Waals surface area contributed by atoms with Crippen molar-refractivity contribution in [3.63, 3.8) is 0 Å². The molecule has 0 radical (unpaired) electrons. The first-order valence-electron chi connectivity index (χ1n) is 6.09. The molecular weight excluding hydrogens is 305 g/mol. The highest BCUT2D eigenvalue weighted by atomic mass is 35.5. The maximum atomic E-state index is 11.9. The molecule has 2 atom stereocenters. The van der Waals surface area contributed by atoms with E-state index in [9.17, 15) is 9.90 Å². The minimum Gasteiger partial charge on any atom is -0.378 e. The second kappa shape index (κ2) is 6.84. The molecule has 1 aliphatic heterocycles. The summed E-state index contributed by atoms with van der Waals surface area (Å²) in [6.07, 6.45) is 1.07. The van der Waals surface area contributed by atoms with Crippen molar-refractivity contribution in [3.05, 3.63) is 33.8 Å². The van der Waals surface area contributed by atoms with E-state index in [1.807, 2.05) is 11.8 Å². The number of hydrogen-bond donors (Lipinski definition) is 2. The van der Waals surface area contributed by atoms with Crippen LogP contribution in [0.15, 0.2) is 18.2 Å². The average molecular weight is 320 g/mol. The Morgan fingerprint density at radius 1 is 1.42 bits per heavy atom. The lowest BCUT2D eigenvalue weighted by Gasteiger charge is -2.14. The Morgan fingerprint density at radius 3 is 2.68 bits per heavy atom. The predicted molar refractivity (Wildman–Crippen MR) is 79.9 cm³/mol. The van der Waals surface area contributed by atoms with Crippen LogP contribution >= 0.6 is 35.0 Å². The molecule has 1 saturated heterocycles. The van der Waals surface area contributed by atoms with E-state index in [0.717, 1.165) is 12.2 Å². The maximum Gasteiger partial charge on any atom is 0.253 e. The summed E-state index contributed by atoms with van der Waals surface area (Å²) in [5.74, 6) is 0.735. The number of amides is 1. The second-order valence-electron chi connectivity index (χ2n) is 4.49. The fourth-order valence-electron chi connectivity index (χ4n) is 2.00. The molecule has 19 heavy (non-hydrogen) atoms. The predicted octanol–water partition coefficient (Wildman–Crippen LogP) is 3.04. The Labute approximate surface area is 126 Å². The molecule has 1 aromatic rings. The van der Waals surface area contributed by atoms with E-state index in [2.05, 4.69) is 5.32 Å². The minimum absolute atomic E-state index is 0.403. The summed E-state index contributed by atoms with van der Waals surface area (Å²) in [7, 11) is 0. The Balaban J connectivity index is 1.93. The molecule has 2 N–H and O–H groups in total. The molecule has 1 heterocycles. The Hall–Kier alpha value is -0.420. The molecule has 0 aliphatic carbocycles. The zero-order valence-corrected chi connectivity index (χ0v) is 12.6. The SMILES string of the molecule is O=C(NCC1CCCS1)C(O)c1cc(Cl)cc(Cl)c1. The maximum absolute atomic E-state index is 11.9. The van der Waals surface area contributed by atoms with Crippen LogP contribution < -0.4 is 5.32 Å². The van der Waals surface area contributed by atoms with Gasteiger partial charge in [0.15, 0.2) is 6.10 Å². The van der Waals surface area contributed by atoms with Crippen LogP contribution in [-0.2, 0) is 4.79 Å². The lowest BCUT2D eigenvalue weighted by molar-refractivity contribution is -0.129. The third kappa shape index (κ3) is 4.28. The summed E-state index contributed by atoms with van der Waals surface area (Å²) < 4.78 is 0. The Bertz CT molecular complexity index is 444. The van der Waals surface area contributed by atoms with Gasteiger partial charge in [-0.15, -0.1) is 0 Å². The second-order valence-corrected chi connectivity index (χ2v) is 6.77. The van der Waals surface area contributed by atoms with E-state index in [-0.39, 0.29) is 0 Å². The van der Waals surface area contributed by atoms with Crippen molar-refractivity contribution in [3.8, 4) is 0 Å². The third-order valence-corrected chi connectivity index (χ3v) is 4.81. The van der Waals surface area contributed by atoms with Gasteiger partial charge in [0.2, 0.25) is 0 Å². The first kappa shape index (κ1) is 15.0. The summed E-state index contributed by atoms with van der Waals surface area (Å²) in [4.78, 5) is 11.9. The molecule has 1 aromatic carbocycles. The van der Waals surface area contributed by atoms with Crippen molar-refractivity contribution >= 4 is 40.9 Å². The van der Waals surface area contributed by atoms with Gasteiger partial charge in [-0.25, -0.2) is 0 Å². The molecule has 1 amide bonds. The minimum atomic E-state index is -1.23. The van der Waals surface area contributed by atoms with Gasteiger partial charge in [-0.3, -0.25) is 4.79 Å². The smallest absolute Gasteiger partial charge is 0.253 e.